The van der Waals surface area contributed by atoms with Crippen LogP contribution in [-0.2, 0) is 4.79 Å². The smallest absolute Gasteiger partial charge is 0.150 e. The number of hydrogen-bond donors (Lipinski definition) is 1. The molecular weight excluding hydrogens is 340 g/mol. The monoisotopic (exact) mass is 368 g/mol. The fourth-order valence-electron chi connectivity index (χ4n) is 6.99. The maximum Gasteiger partial charge on any atom is 0.150 e. The van der Waals surface area contributed by atoms with Gasteiger partial charge in [0.15, 0.2) is 5.78 Å². The lowest BCUT2D eigenvalue weighted by Gasteiger charge is -2.60. The Morgan fingerprint density at radius 3 is 2.64 bits per heavy atom. The molecule has 124 valence electrons. The minimum Gasteiger partial charge on any atom is -0.393 e. The first-order valence-electron chi connectivity index (χ1n) is 9.24. The number of alkyl halides is 1. The summed E-state index contributed by atoms with van der Waals surface area (Å²) in [5.41, 5.74) is 0.324. The summed E-state index contributed by atoms with van der Waals surface area (Å²) in [5, 5.41) is 10.1. The topological polar surface area (TPSA) is 37.3 Å². The van der Waals surface area contributed by atoms with E-state index in [-0.39, 0.29) is 27.7 Å². The van der Waals surface area contributed by atoms with Crippen molar-refractivity contribution < 1.29 is 9.90 Å². The average Bonchev–Trinajstić information content (AvgIpc) is 2.88. The zero-order chi connectivity index (χ0) is 15.7. The van der Waals surface area contributed by atoms with Crippen LogP contribution in [0.3, 0.4) is 0 Å². The second kappa shape index (κ2) is 5.05. The Bertz CT molecular complexity index is 492. The second-order valence-corrected chi connectivity index (χ2v) is 10.0. The molecule has 0 saturated heterocycles. The van der Waals surface area contributed by atoms with E-state index in [4.69, 9.17) is 0 Å². The van der Waals surface area contributed by atoms with Crippen LogP contribution in [0.4, 0.5) is 0 Å². The maximum absolute atomic E-state index is 13.3. The van der Waals surface area contributed by atoms with Crippen LogP contribution in [-0.4, -0.2) is 21.8 Å². The Morgan fingerprint density at radius 2 is 1.86 bits per heavy atom. The van der Waals surface area contributed by atoms with Gasteiger partial charge in [-0.3, -0.25) is 4.79 Å². The van der Waals surface area contributed by atoms with Crippen molar-refractivity contribution in [3.63, 3.8) is 0 Å². The summed E-state index contributed by atoms with van der Waals surface area (Å²) in [6, 6.07) is 0. The van der Waals surface area contributed by atoms with Gasteiger partial charge in [0.1, 0.15) is 0 Å². The largest absolute Gasteiger partial charge is 0.393 e. The summed E-state index contributed by atoms with van der Waals surface area (Å²) in [6.07, 6.45) is 8.96. The van der Waals surface area contributed by atoms with Gasteiger partial charge in [-0.25, -0.2) is 0 Å². The van der Waals surface area contributed by atoms with Crippen LogP contribution >= 0.6 is 15.9 Å². The molecule has 0 amide bonds. The van der Waals surface area contributed by atoms with E-state index in [1.807, 2.05) is 0 Å². The van der Waals surface area contributed by atoms with Crippen LogP contribution < -0.4 is 0 Å². The number of aliphatic hydroxyl groups is 1. The third-order valence-electron chi connectivity index (χ3n) is 8.22. The molecule has 3 heteroatoms. The van der Waals surface area contributed by atoms with Crippen molar-refractivity contribution >= 4 is 21.7 Å². The number of ketones is 1. The second-order valence-electron chi connectivity index (χ2n) is 9.12. The Balaban J connectivity index is 1.73. The molecule has 8 atom stereocenters. The summed E-state index contributed by atoms with van der Waals surface area (Å²) in [5.74, 6) is 2.61. The van der Waals surface area contributed by atoms with Crippen LogP contribution in [0.5, 0.6) is 0 Å². The van der Waals surface area contributed by atoms with Gasteiger partial charge in [0.2, 0.25) is 0 Å². The molecule has 1 N–H and O–H groups in total. The summed E-state index contributed by atoms with van der Waals surface area (Å²) in [6.45, 7) is 4.73. The highest BCUT2D eigenvalue weighted by Crippen LogP contribution is 2.66. The number of fused-ring (bicyclic) bond motifs is 5. The maximum atomic E-state index is 13.3. The van der Waals surface area contributed by atoms with E-state index >= 15 is 0 Å². The van der Waals surface area contributed by atoms with E-state index in [9.17, 15) is 9.90 Å². The Labute approximate surface area is 142 Å². The van der Waals surface area contributed by atoms with Crippen molar-refractivity contribution in [2.24, 2.45) is 34.5 Å². The number of carbonyl (C=O) groups is 1. The predicted molar refractivity (Wildman–Crippen MR) is 90.8 cm³/mol. The quantitative estimate of drug-likeness (QED) is 0.646. The molecule has 4 fully saturated rings. The number of halogens is 1. The van der Waals surface area contributed by atoms with Gasteiger partial charge < -0.3 is 5.11 Å². The van der Waals surface area contributed by atoms with E-state index in [0.717, 1.165) is 25.2 Å². The predicted octanol–water partition coefficient (Wildman–Crippen LogP) is 4.33. The van der Waals surface area contributed by atoms with Gasteiger partial charge in [0.25, 0.3) is 0 Å². The van der Waals surface area contributed by atoms with Crippen LogP contribution in [0, 0.1) is 34.5 Å². The molecule has 22 heavy (non-hydrogen) atoms. The number of aliphatic hydroxyl groups excluding tert-OH is 1. The van der Waals surface area contributed by atoms with E-state index < -0.39 is 0 Å². The van der Waals surface area contributed by atoms with E-state index in [1.165, 1.54) is 32.1 Å². The third kappa shape index (κ3) is 1.90. The summed E-state index contributed by atoms with van der Waals surface area (Å²) in [7, 11) is 0. The molecule has 0 heterocycles. The minimum atomic E-state index is -0.134. The molecule has 0 unspecified atom stereocenters. The Kier molecular flexibility index (Phi) is 3.59. The number of hydrogen-bond acceptors (Lipinski definition) is 2. The fraction of sp³-hybridized carbons (Fsp3) is 0.947. The normalized spacial score (nSPS) is 57.9. The SMILES string of the molecule is C[C@]12CC[C@@H](O)C[C@@H]1CC[C@H]1[C@@H]3CCC[C@]3(C)[C@@H](Br)C(=O)[C@@H]12. The Hall–Kier alpha value is 0.110. The minimum absolute atomic E-state index is 0.0520. The van der Waals surface area contributed by atoms with Crippen molar-refractivity contribution in [3.8, 4) is 0 Å². The van der Waals surface area contributed by atoms with Crippen LogP contribution in [0.15, 0.2) is 0 Å². The lowest BCUT2D eigenvalue weighted by atomic mass is 9.45. The standard InChI is InChI=1S/C19H29BrO2/c1-18-9-7-12(21)10-11(18)5-6-13-14-4-3-8-19(14,2)17(20)16(22)15(13)18/h11-15,17,21H,3-10H2,1-2H3/t11-,12+,13-,14-,15+,17-,18-,19-/m0/s1. The van der Waals surface area contributed by atoms with Gasteiger partial charge in [0.05, 0.1) is 10.9 Å². The van der Waals surface area contributed by atoms with Gasteiger partial charge in [-0.2, -0.15) is 0 Å². The van der Waals surface area contributed by atoms with Crippen molar-refractivity contribution in [1.82, 2.24) is 0 Å². The summed E-state index contributed by atoms with van der Waals surface area (Å²) >= 11 is 3.83. The molecule has 0 aromatic rings. The van der Waals surface area contributed by atoms with Gasteiger partial charge in [-0.05, 0) is 73.5 Å². The van der Waals surface area contributed by atoms with E-state index in [2.05, 4.69) is 29.8 Å². The number of Topliss-reactive ketones (excluding diaryl/α,β-unsaturated/α-hetero) is 1. The highest BCUT2D eigenvalue weighted by Gasteiger charge is 2.64. The first-order chi connectivity index (χ1) is 10.4. The lowest BCUT2D eigenvalue weighted by molar-refractivity contribution is -0.157. The van der Waals surface area contributed by atoms with Crippen LogP contribution in [0.1, 0.15) is 65.2 Å². The molecule has 0 aromatic heterocycles. The zero-order valence-corrected chi connectivity index (χ0v) is 15.4. The van der Waals surface area contributed by atoms with Gasteiger partial charge in [-0.15, -0.1) is 0 Å². The molecule has 4 aliphatic carbocycles. The molecule has 0 spiro atoms. The summed E-state index contributed by atoms with van der Waals surface area (Å²) in [4.78, 5) is 13.4. The summed E-state index contributed by atoms with van der Waals surface area (Å²) < 4.78 is 0. The molecule has 0 aliphatic heterocycles. The van der Waals surface area contributed by atoms with Crippen LogP contribution in [0.25, 0.3) is 0 Å². The molecular formula is C19H29BrO2. The zero-order valence-electron chi connectivity index (χ0n) is 13.9. The molecule has 0 aromatic carbocycles. The lowest BCUT2D eigenvalue weighted by Crippen LogP contribution is -2.60. The van der Waals surface area contributed by atoms with Gasteiger partial charge >= 0.3 is 0 Å². The van der Waals surface area contributed by atoms with Crippen molar-refractivity contribution in [2.45, 2.75) is 76.1 Å². The van der Waals surface area contributed by atoms with Crippen molar-refractivity contribution in [1.29, 1.82) is 0 Å². The van der Waals surface area contributed by atoms with Crippen molar-refractivity contribution in [3.05, 3.63) is 0 Å². The number of rotatable bonds is 0. The first-order valence-corrected chi connectivity index (χ1v) is 10.2. The average molecular weight is 369 g/mol. The van der Waals surface area contributed by atoms with Crippen LogP contribution in [0.2, 0.25) is 0 Å². The molecule has 0 bridgehead atoms. The van der Waals surface area contributed by atoms with Crippen molar-refractivity contribution in [2.75, 3.05) is 0 Å². The molecule has 2 nitrogen and oxygen atoms in total. The van der Waals surface area contributed by atoms with Gasteiger partial charge in [0, 0.05) is 5.92 Å². The highest BCUT2D eigenvalue weighted by molar-refractivity contribution is 9.10. The molecule has 4 aliphatic rings. The fourth-order valence-corrected chi connectivity index (χ4v) is 7.84. The van der Waals surface area contributed by atoms with E-state index in [0.29, 0.717) is 17.6 Å². The molecule has 4 saturated carbocycles. The molecule has 4 rings (SSSR count). The highest BCUT2D eigenvalue weighted by atomic mass is 79.9. The van der Waals surface area contributed by atoms with E-state index in [1.54, 1.807) is 0 Å². The number of carbonyl (C=O) groups excluding carboxylic acids is 1. The Morgan fingerprint density at radius 1 is 1.09 bits per heavy atom. The third-order valence-corrected chi connectivity index (χ3v) is 9.72. The first kappa shape index (κ1) is 15.6. The molecule has 0 radical (unpaired) electrons. The van der Waals surface area contributed by atoms with Gasteiger partial charge in [-0.1, -0.05) is 36.2 Å².